The molecule has 0 radical (unpaired) electrons. The minimum absolute atomic E-state index is 0.00358. The average Bonchev–Trinajstić information content (AvgIpc) is 3.31. The molecule has 1 saturated carbocycles. The van der Waals surface area contributed by atoms with Crippen molar-refractivity contribution in [2.75, 3.05) is 13.1 Å². The Kier molecular flexibility index (Phi) is 5.87. The number of alkyl halides is 2. The van der Waals surface area contributed by atoms with Gasteiger partial charge in [-0.3, -0.25) is 4.79 Å². The van der Waals surface area contributed by atoms with Crippen LogP contribution >= 0.6 is 23.2 Å². The molecule has 1 aliphatic carbocycles. The molecular formula is C18H23Cl2N5O3. The number of hydrogen-bond acceptors (Lipinski definition) is 7. The molecule has 0 bridgehead atoms. The summed E-state index contributed by atoms with van der Waals surface area (Å²) in [5.41, 5.74) is 0. The molecule has 2 aliphatic rings. The summed E-state index contributed by atoms with van der Waals surface area (Å²) in [6.07, 6.45) is 4.26. The second-order valence-corrected chi connectivity index (χ2v) is 8.77. The van der Waals surface area contributed by atoms with Crippen molar-refractivity contribution < 1.29 is 13.8 Å². The van der Waals surface area contributed by atoms with Crippen molar-refractivity contribution in [2.24, 2.45) is 0 Å². The lowest BCUT2D eigenvalue weighted by molar-refractivity contribution is -0.132. The van der Waals surface area contributed by atoms with Crippen LogP contribution in [0.25, 0.3) is 0 Å². The number of aryl methyl sites for hydroxylation is 1. The fourth-order valence-electron chi connectivity index (χ4n) is 3.95. The summed E-state index contributed by atoms with van der Waals surface area (Å²) in [4.78, 5) is 23.0. The van der Waals surface area contributed by atoms with Crippen LogP contribution < -0.4 is 0 Å². The van der Waals surface area contributed by atoms with E-state index in [9.17, 15) is 4.79 Å². The van der Waals surface area contributed by atoms with Gasteiger partial charge in [0, 0.05) is 35.7 Å². The van der Waals surface area contributed by atoms with Crippen molar-refractivity contribution in [2.45, 2.75) is 68.0 Å². The first-order chi connectivity index (χ1) is 13.5. The molecule has 0 aromatic carbocycles. The van der Waals surface area contributed by atoms with Crippen molar-refractivity contribution in [3.63, 3.8) is 0 Å². The average molecular weight is 428 g/mol. The monoisotopic (exact) mass is 427 g/mol. The quantitative estimate of drug-likeness (QED) is 0.690. The predicted molar refractivity (Wildman–Crippen MR) is 101 cm³/mol. The van der Waals surface area contributed by atoms with E-state index in [1.54, 1.807) is 6.92 Å². The zero-order valence-electron chi connectivity index (χ0n) is 15.7. The van der Waals surface area contributed by atoms with E-state index < -0.39 is 0 Å². The zero-order valence-corrected chi connectivity index (χ0v) is 17.2. The van der Waals surface area contributed by atoms with Gasteiger partial charge in [-0.05, 0) is 39.0 Å². The van der Waals surface area contributed by atoms with E-state index in [4.69, 9.17) is 32.2 Å². The van der Waals surface area contributed by atoms with Gasteiger partial charge in [0.25, 0.3) is 0 Å². The highest BCUT2D eigenvalue weighted by molar-refractivity contribution is 6.24. The summed E-state index contributed by atoms with van der Waals surface area (Å²) >= 11 is 12.7. The van der Waals surface area contributed by atoms with Crippen LogP contribution in [-0.2, 0) is 11.2 Å². The van der Waals surface area contributed by atoms with E-state index in [0.717, 1.165) is 32.1 Å². The van der Waals surface area contributed by atoms with Crippen LogP contribution in [0.3, 0.4) is 0 Å². The Balaban J connectivity index is 1.31. The molecule has 4 rings (SSSR count). The fraction of sp³-hybridized carbons (Fsp3) is 0.722. The summed E-state index contributed by atoms with van der Waals surface area (Å²) in [6.45, 7) is 3.02. The van der Waals surface area contributed by atoms with Gasteiger partial charge in [-0.2, -0.15) is 9.97 Å². The summed E-state index contributed by atoms with van der Waals surface area (Å²) in [5, 5.41) is 7.96. The summed E-state index contributed by atoms with van der Waals surface area (Å²) < 4.78 is 10.6. The molecule has 1 amide bonds. The Morgan fingerprint density at radius 2 is 1.89 bits per heavy atom. The molecule has 2 aromatic heterocycles. The molecule has 10 heteroatoms. The first-order valence-electron chi connectivity index (χ1n) is 9.68. The molecule has 8 nitrogen and oxygen atoms in total. The first kappa shape index (κ1) is 19.6. The van der Waals surface area contributed by atoms with Crippen molar-refractivity contribution >= 4 is 29.1 Å². The molecule has 3 heterocycles. The number of rotatable bonds is 4. The third kappa shape index (κ3) is 4.33. The van der Waals surface area contributed by atoms with E-state index in [-0.39, 0.29) is 34.9 Å². The van der Waals surface area contributed by atoms with Gasteiger partial charge in [0.2, 0.25) is 17.7 Å². The van der Waals surface area contributed by atoms with Gasteiger partial charge in [0.05, 0.1) is 0 Å². The van der Waals surface area contributed by atoms with Crippen LogP contribution in [0, 0.1) is 6.92 Å². The van der Waals surface area contributed by atoms with Crippen molar-refractivity contribution in [1.82, 2.24) is 25.2 Å². The van der Waals surface area contributed by atoms with Crippen molar-refractivity contribution in [1.29, 1.82) is 0 Å². The standard InChI is InChI=1S/C18H23Cl2N5O3/c1-10-21-15(27-23-10)9-16(26)25-6-4-11(5-7-25)18-22-17(24-28-18)13-3-2-12(19)8-14(13)20/h11-14H,2-9H2,1H3. The summed E-state index contributed by atoms with van der Waals surface area (Å²) in [7, 11) is 0. The second-order valence-electron chi connectivity index (χ2n) is 7.59. The summed E-state index contributed by atoms with van der Waals surface area (Å²) in [6, 6.07) is 0. The van der Waals surface area contributed by atoms with Gasteiger partial charge in [0.1, 0.15) is 6.42 Å². The lowest BCUT2D eigenvalue weighted by atomic mass is 9.88. The Bertz CT molecular complexity index is 818. The highest BCUT2D eigenvalue weighted by Gasteiger charge is 2.34. The normalized spacial score (nSPS) is 26.5. The maximum absolute atomic E-state index is 12.4. The molecule has 152 valence electrons. The topological polar surface area (TPSA) is 98.2 Å². The molecule has 0 N–H and O–H groups in total. The molecule has 0 spiro atoms. The third-order valence-corrected chi connectivity index (χ3v) is 6.45. The smallest absolute Gasteiger partial charge is 0.236 e. The maximum Gasteiger partial charge on any atom is 0.236 e. The van der Waals surface area contributed by atoms with E-state index in [0.29, 0.717) is 36.5 Å². The Labute approximate surface area is 172 Å². The predicted octanol–water partition coefficient (Wildman–Crippen LogP) is 3.19. The van der Waals surface area contributed by atoms with E-state index in [2.05, 4.69) is 20.3 Å². The third-order valence-electron chi connectivity index (χ3n) is 5.57. The van der Waals surface area contributed by atoms with Gasteiger partial charge >= 0.3 is 0 Å². The fourth-order valence-corrected chi connectivity index (χ4v) is 4.81. The number of likely N-dealkylation sites (tertiary alicyclic amines) is 1. The minimum Gasteiger partial charge on any atom is -0.342 e. The van der Waals surface area contributed by atoms with Gasteiger partial charge in [-0.25, -0.2) is 0 Å². The molecule has 1 saturated heterocycles. The van der Waals surface area contributed by atoms with Crippen LogP contribution in [0.15, 0.2) is 9.05 Å². The van der Waals surface area contributed by atoms with Crippen molar-refractivity contribution in [3.05, 3.63) is 23.4 Å². The Hall–Kier alpha value is -1.67. The zero-order chi connectivity index (χ0) is 19.7. The van der Waals surface area contributed by atoms with Crippen molar-refractivity contribution in [3.8, 4) is 0 Å². The highest BCUT2D eigenvalue weighted by Crippen LogP contribution is 2.38. The molecule has 3 atom stereocenters. The number of aromatic nitrogens is 4. The van der Waals surface area contributed by atoms with Gasteiger partial charge in [-0.15, -0.1) is 23.2 Å². The maximum atomic E-state index is 12.4. The molecule has 1 aliphatic heterocycles. The van der Waals surface area contributed by atoms with Gasteiger partial charge in [-0.1, -0.05) is 10.3 Å². The number of piperidine rings is 1. The molecule has 2 aromatic rings. The van der Waals surface area contributed by atoms with E-state index in [1.807, 2.05) is 4.90 Å². The molecule has 3 unspecified atom stereocenters. The SMILES string of the molecule is Cc1noc(CC(=O)N2CCC(c3nc(C4CCC(Cl)CC4Cl)no3)CC2)n1. The highest BCUT2D eigenvalue weighted by atomic mass is 35.5. The van der Waals surface area contributed by atoms with Gasteiger partial charge in [0.15, 0.2) is 11.6 Å². The number of amides is 1. The van der Waals surface area contributed by atoms with Crippen LogP contribution in [0.5, 0.6) is 0 Å². The largest absolute Gasteiger partial charge is 0.342 e. The second kappa shape index (κ2) is 8.37. The Morgan fingerprint density at radius 3 is 2.57 bits per heavy atom. The van der Waals surface area contributed by atoms with Crippen LogP contribution in [0.2, 0.25) is 0 Å². The first-order valence-corrected chi connectivity index (χ1v) is 10.6. The van der Waals surface area contributed by atoms with E-state index >= 15 is 0 Å². The number of halogens is 2. The number of carbonyl (C=O) groups excluding carboxylic acids is 1. The number of hydrogen-bond donors (Lipinski definition) is 0. The molecular weight excluding hydrogens is 405 g/mol. The van der Waals surface area contributed by atoms with E-state index in [1.165, 1.54) is 0 Å². The molecule has 28 heavy (non-hydrogen) atoms. The van der Waals surface area contributed by atoms with Gasteiger partial charge < -0.3 is 13.9 Å². The molecule has 2 fully saturated rings. The van der Waals surface area contributed by atoms with Crippen LogP contribution in [-0.4, -0.2) is 54.9 Å². The summed E-state index contributed by atoms with van der Waals surface area (Å²) in [5.74, 6) is 2.47. The lowest BCUT2D eigenvalue weighted by Gasteiger charge is -2.30. The number of nitrogens with zero attached hydrogens (tertiary/aromatic N) is 5. The van der Waals surface area contributed by atoms with Crippen LogP contribution in [0.4, 0.5) is 0 Å². The van der Waals surface area contributed by atoms with Crippen LogP contribution in [0.1, 0.15) is 67.4 Å². The number of carbonyl (C=O) groups is 1. The minimum atomic E-state index is -0.0606. The lowest BCUT2D eigenvalue weighted by Crippen LogP contribution is -2.38. The Morgan fingerprint density at radius 1 is 1.11 bits per heavy atom.